The van der Waals surface area contributed by atoms with E-state index >= 15 is 0 Å². The van der Waals surface area contributed by atoms with E-state index in [1.54, 1.807) is 31.5 Å². The summed E-state index contributed by atoms with van der Waals surface area (Å²) in [6.07, 6.45) is 1.59. The summed E-state index contributed by atoms with van der Waals surface area (Å²) < 4.78 is 12.4. The van der Waals surface area contributed by atoms with E-state index in [1.807, 2.05) is 6.07 Å². The van der Waals surface area contributed by atoms with Crippen LogP contribution in [0, 0.1) is 0 Å². The molecular formula is C12H10Br2N2O2. The number of nitrogens with zero attached hydrogens (tertiary/aromatic N) is 1. The molecule has 18 heavy (non-hydrogen) atoms. The Balaban J connectivity index is 2.32. The molecule has 0 bridgehead atoms. The van der Waals surface area contributed by atoms with Crippen LogP contribution in [0.2, 0.25) is 0 Å². The van der Waals surface area contributed by atoms with Crippen molar-refractivity contribution in [2.24, 2.45) is 0 Å². The second-order valence-corrected chi connectivity index (χ2v) is 5.16. The highest BCUT2D eigenvalue weighted by Gasteiger charge is 2.09. The molecule has 0 amide bonds. The van der Waals surface area contributed by atoms with Gasteiger partial charge in [0.2, 0.25) is 5.88 Å². The van der Waals surface area contributed by atoms with Gasteiger partial charge >= 0.3 is 0 Å². The highest BCUT2D eigenvalue weighted by molar-refractivity contribution is 9.11. The van der Waals surface area contributed by atoms with Crippen molar-refractivity contribution in [1.29, 1.82) is 0 Å². The van der Waals surface area contributed by atoms with Crippen molar-refractivity contribution in [3.8, 4) is 17.4 Å². The van der Waals surface area contributed by atoms with Gasteiger partial charge in [-0.2, -0.15) is 0 Å². The van der Waals surface area contributed by atoms with Gasteiger partial charge in [-0.25, -0.2) is 4.98 Å². The molecular weight excluding hydrogens is 364 g/mol. The number of hydrogen-bond acceptors (Lipinski definition) is 4. The zero-order valence-corrected chi connectivity index (χ0v) is 12.7. The molecule has 0 unspecified atom stereocenters. The summed E-state index contributed by atoms with van der Waals surface area (Å²) in [5.41, 5.74) is 6.27. The topological polar surface area (TPSA) is 57.4 Å². The Kier molecular flexibility index (Phi) is 4.08. The molecule has 1 aromatic carbocycles. The normalized spacial score (nSPS) is 10.2. The maximum Gasteiger partial charge on any atom is 0.221 e. The first kappa shape index (κ1) is 13.2. The first-order valence-electron chi connectivity index (χ1n) is 5.02. The zero-order valence-electron chi connectivity index (χ0n) is 9.48. The van der Waals surface area contributed by atoms with Gasteiger partial charge in [0.15, 0.2) is 0 Å². The molecule has 0 aliphatic rings. The standard InChI is InChI=1S/C12H10Br2N2O2/c1-17-10-5-9(14)11(6-8(10)13)18-12-4-7(15)2-3-16-12/h2-6H,1H3,(H2,15,16). The summed E-state index contributed by atoms with van der Waals surface area (Å²) in [6.45, 7) is 0. The second-order valence-electron chi connectivity index (χ2n) is 3.45. The van der Waals surface area contributed by atoms with Crippen LogP contribution >= 0.6 is 31.9 Å². The summed E-state index contributed by atoms with van der Waals surface area (Å²) in [5, 5.41) is 0. The number of pyridine rings is 1. The van der Waals surface area contributed by atoms with Gasteiger partial charge in [0.05, 0.1) is 16.1 Å². The van der Waals surface area contributed by atoms with Crippen LogP contribution in [0.4, 0.5) is 5.69 Å². The molecule has 0 saturated carbocycles. The smallest absolute Gasteiger partial charge is 0.221 e. The number of hydrogen-bond donors (Lipinski definition) is 1. The van der Waals surface area contributed by atoms with Crippen molar-refractivity contribution >= 4 is 37.5 Å². The fourth-order valence-corrected chi connectivity index (χ4v) is 2.23. The third kappa shape index (κ3) is 2.94. The lowest BCUT2D eigenvalue weighted by Crippen LogP contribution is -1.92. The summed E-state index contributed by atoms with van der Waals surface area (Å²) in [4.78, 5) is 4.08. The maximum atomic E-state index is 5.66. The SMILES string of the molecule is COc1cc(Br)c(Oc2cc(N)ccn2)cc1Br. The van der Waals surface area contributed by atoms with Crippen molar-refractivity contribution < 1.29 is 9.47 Å². The first-order chi connectivity index (χ1) is 8.60. The molecule has 0 fully saturated rings. The summed E-state index contributed by atoms with van der Waals surface area (Å²) in [6, 6.07) is 6.97. The number of aromatic nitrogens is 1. The maximum absolute atomic E-state index is 5.66. The molecule has 2 rings (SSSR count). The van der Waals surface area contributed by atoms with Gasteiger partial charge in [-0.15, -0.1) is 0 Å². The molecule has 0 aliphatic heterocycles. The van der Waals surface area contributed by atoms with E-state index in [9.17, 15) is 0 Å². The Bertz CT molecular complexity index is 576. The number of benzene rings is 1. The third-order valence-electron chi connectivity index (χ3n) is 2.18. The van der Waals surface area contributed by atoms with E-state index in [1.165, 1.54) is 0 Å². The zero-order chi connectivity index (χ0) is 13.1. The van der Waals surface area contributed by atoms with Gasteiger partial charge in [0.1, 0.15) is 11.5 Å². The molecule has 0 spiro atoms. The van der Waals surface area contributed by atoms with Crippen molar-refractivity contribution in [2.45, 2.75) is 0 Å². The molecule has 1 aromatic heterocycles. The van der Waals surface area contributed by atoms with Crippen LogP contribution in [0.5, 0.6) is 17.4 Å². The van der Waals surface area contributed by atoms with Crippen LogP contribution < -0.4 is 15.2 Å². The highest BCUT2D eigenvalue weighted by atomic mass is 79.9. The van der Waals surface area contributed by atoms with Crippen LogP contribution in [-0.2, 0) is 0 Å². The van der Waals surface area contributed by atoms with Crippen LogP contribution in [0.3, 0.4) is 0 Å². The molecule has 0 saturated heterocycles. The molecule has 2 N–H and O–H groups in total. The van der Waals surface area contributed by atoms with E-state index in [4.69, 9.17) is 15.2 Å². The second kappa shape index (κ2) is 5.58. The van der Waals surface area contributed by atoms with E-state index < -0.39 is 0 Å². The monoisotopic (exact) mass is 372 g/mol. The van der Waals surface area contributed by atoms with Gasteiger partial charge < -0.3 is 15.2 Å². The summed E-state index contributed by atoms with van der Waals surface area (Å²) in [7, 11) is 1.60. The predicted molar refractivity (Wildman–Crippen MR) is 77.1 cm³/mol. The van der Waals surface area contributed by atoms with E-state index in [2.05, 4.69) is 36.8 Å². The summed E-state index contributed by atoms with van der Waals surface area (Å²) >= 11 is 6.81. The Morgan fingerprint density at radius 3 is 2.44 bits per heavy atom. The van der Waals surface area contributed by atoms with Crippen molar-refractivity contribution in [1.82, 2.24) is 4.98 Å². The quantitative estimate of drug-likeness (QED) is 0.883. The minimum atomic E-state index is 0.438. The minimum absolute atomic E-state index is 0.438. The largest absolute Gasteiger partial charge is 0.496 e. The minimum Gasteiger partial charge on any atom is -0.496 e. The molecule has 94 valence electrons. The molecule has 0 atom stereocenters. The van der Waals surface area contributed by atoms with E-state index in [0.29, 0.717) is 17.3 Å². The number of anilines is 1. The van der Waals surface area contributed by atoms with Crippen LogP contribution in [0.25, 0.3) is 0 Å². The Morgan fingerprint density at radius 2 is 1.78 bits per heavy atom. The van der Waals surface area contributed by atoms with Gasteiger partial charge in [-0.05, 0) is 50.1 Å². The average Bonchev–Trinajstić information content (AvgIpc) is 2.33. The van der Waals surface area contributed by atoms with Crippen molar-refractivity contribution in [2.75, 3.05) is 12.8 Å². The van der Waals surface area contributed by atoms with E-state index in [-0.39, 0.29) is 0 Å². The molecule has 1 heterocycles. The lowest BCUT2D eigenvalue weighted by atomic mass is 10.3. The Labute approximate surface area is 121 Å². The van der Waals surface area contributed by atoms with Crippen LogP contribution in [0.15, 0.2) is 39.4 Å². The third-order valence-corrected chi connectivity index (χ3v) is 3.42. The van der Waals surface area contributed by atoms with Crippen LogP contribution in [0.1, 0.15) is 0 Å². The molecule has 2 aromatic rings. The first-order valence-corrected chi connectivity index (χ1v) is 6.61. The fraction of sp³-hybridized carbons (Fsp3) is 0.0833. The Morgan fingerprint density at radius 1 is 1.11 bits per heavy atom. The number of nitrogens with two attached hydrogens (primary N) is 1. The highest BCUT2D eigenvalue weighted by Crippen LogP contribution is 2.37. The lowest BCUT2D eigenvalue weighted by Gasteiger charge is -2.10. The predicted octanol–water partition coefficient (Wildman–Crippen LogP) is 3.99. The van der Waals surface area contributed by atoms with Gasteiger partial charge in [-0.3, -0.25) is 0 Å². The number of ether oxygens (including phenoxy) is 2. The Hall–Kier alpha value is -1.27. The van der Waals surface area contributed by atoms with E-state index in [0.717, 1.165) is 14.7 Å². The van der Waals surface area contributed by atoms with Crippen LogP contribution in [-0.4, -0.2) is 12.1 Å². The number of methoxy groups -OCH3 is 1. The van der Waals surface area contributed by atoms with Gasteiger partial charge in [0, 0.05) is 18.0 Å². The molecule has 4 nitrogen and oxygen atoms in total. The summed E-state index contributed by atoms with van der Waals surface area (Å²) in [5.74, 6) is 1.78. The van der Waals surface area contributed by atoms with Gasteiger partial charge in [0.25, 0.3) is 0 Å². The fourth-order valence-electron chi connectivity index (χ4n) is 1.34. The van der Waals surface area contributed by atoms with Crippen molar-refractivity contribution in [3.63, 3.8) is 0 Å². The number of rotatable bonds is 3. The number of nitrogen functional groups attached to an aromatic ring is 1. The molecule has 0 aliphatic carbocycles. The van der Waals surface area contributed by atoms with Crippen molar-refractivity contribution in [3.05, 3.63) is 39.4 Å². The molecule has 0 radical (unpaired) electrons. The number of halogens is 2. The lowest BCUT2D eigenvalue weighted by molar-refractivity contribution is 0.408. The molecule has 6 heteroatoms. The van der Waals surface area contributed by atoms with Gasteiger partial charge in [-0.1, -0.05) is 0 Å². The average molecular weight is 374 g/mol.